The zero-order chi connectivity index (χ0) is 19.3. The van der Waals surface area contributed by atoms with Gasteiger partial charge in [-0.05, 0) is 60.9 Å². The molecule has 28 heavy (non-hydrogen) atoms. The van der Waals surface area contributed by atoms with Gasteiger partial charge in [-0.2, -0.15) is 0 Å². The first-order valence-corrected chi connectivity index (χ1v) is 9.55. The van der Waals surface area contributed by atoms with Gasteiger partial charge in [0.15, 0.2) is 0 Å². The molecule has 5 nitrogen and oxygen atoms in total. The van der Waals surface area contributed by atoms with Crippen molar-refractivity contribution in [1.29, 1.82) is 0 Å². The van der Waals surface area contributed by atoms with Gasteiger partial charge >= 0.3 is 0 Å². The summed E-state index contributed by atoms with van der Waals surface area (Å²) >= 11 is 0. The van der Waals surface area contributed by atoms with Crippen LogP contribution in [0, 0.1) is 0 Å². The molecule has 3 aromatic rings. The molecule has 2 heterocycles. The lowest BCUT2D eigenvalue weighted by molar-refractivity contribution is 0.0735. The van der Waals surface area contributed by atoms with E-state index in [1.54, 1.807) is 12.3 Å². The van der Waals surface area contributed by atoms with Crippen molar-refractivity contribution in [3.63, 3.8) is 0 Å². The van der Waals surface area contributed by atoms with Crippen LogP contribution < -0.4 is 10.1 Å². The fourth-order valence-electron chi connectivity index (χ4n) is 3.45. The molecule has 0 spiro atoms. The Balaban J connectivity index is 1.53. The predicted octanol–water partition coefficient (Wildman–Crippen LogP) is 4.42. The van der Waals surface area contributed by atoms with Gasteiger partial charge in [-0.15, -0.1) is 0 Å². The van der Waals surface area contributed by atoms with Crippen LogP contribution in [0.4, 0.5) is 11.5 Å². The summed E-state index contributed by atoms with van der Waals surface area (Å²) in [6.45, 7) is 3.93. The fraction of sp³-hybridized carbons (Fsp3) is 0.217. The van der Waals surface area contributed by atoms with Crippen LogP contribution in [0.15, 0.2) is 66.9 Å². The van der Waals surface area contributed by atoms with Gasteiger partial charge in [0.05, 0.1) is 12.2 Å². The van der Waals surface area contributed by atoms with E-state index in [0.29, 0.717) is 31.1 Å². The molecule has 1 N–H and O–H groups in total. The van der Waals surface area contributed by atoms with Gasteiger partial charge < -0.3 is 15.0 Å². The number of carbonyl (C=O) groups excluding carboxylic acids is 1. The van der Waals surface area contributed by atoms with Crippen LogP contribution in [-0.4, -0.2) is 28.9 Å². The fourth-order valence-corrected chi connectivity index (χ4v) is 3.45. The molecule has 142 valence electrons. The second-order valence-corrected chi connectivity index (χ2v) is 6.73. The van der Waals surface area contributed by atoms with Crippen molar-refractivity contribution in [1.82, 2.24) is 9.88 Å². The Morgan fingerprint density at radius 1 is 1.07 bits per heavy atom. The van der Waals surface area contributed by atoms with E-state index < -0.39 is 0 Å². The van der Waals surface area contributed by atoms with Crippen LogP contribution in [0.25, 0.3) is 0 Å². The minimum absolute atomic E-state index is 0.00367. The van der Waals surface area contributed by atoms with Crippen LogP contribution in [0.2, 0.25) is 0 Å². The first-order valence-electron chi connectivity index (χ1n) is 9.55. The van der Waals surface area contributed by atoms with Gasteiger partial charge in [0.25, 0.3) is 5.91 Å². The average molecular weight is 373 g/mol. The molecule has 1 amide bonds. The van der Waals surface area contributed by atoms with Crippen molar-refractivity contribution in [2.45, 2.75) is 19.9 Å². The number of amides is 1. The molecular formula is C23H23N3O2. The van der Waals surface area contributed by atoms with Crippen molar-refractivity contribution in [2.24, 2.45) is 0 Å². The van der Waals surface area contributed by atoms with Crippen LogP contribution in [0.1, 0.15) is 28.4 Å². The molecule has 0 saturated heterocycles. The highest BCUT2D eigenvalue weighted by atomic mass is 16.5. The van der Waals surface area contributed by atoms with E-state index in [4.69, 9.17) is 4.74 Å². The number of ether oxygens (including phenoxy) is 1. The highest BCUT2D eigenvalue weighted by Crippen LogP contribution is 2.25. The highest BCUT2D eigenvalue weighted by Gasteiger charge is 2.23. The topological polar surface area (TPSA) is 54.5 Å². The highest BCUT2D eigenvalue weighted by molar-refractivity contribution is 5.99. The maximum atomic E-state index is 13.2. The number of carbonyl (C=O) groups is 1. The predicted molar refractivity (Wildman–Crippen MR) is 110 cm³/mol. The summed E-state index contributed by atoms with van der Waals surface area (Å²) in [6.07, 6.45) is 2.57. The van der Waals surface area contributed by atoms with E-state index in [0.717, 1.165) is 17.9 Å². The third-order valence-electron chi connectivity index (χ3n) is 4.88. The monoisotopic (exact) mass is 373 g/mol. The number of fused-ring (bicyclic) bond motifs is 1. The summed E-state index contributed by atoms with van der Waals surface area (Å²) in [5, 5.41) is 3.27. The Bertz CT molecular complexity index is 970. The minimum Gasteiger partial charge on any atom is -0.494 e. The SMILES string of the molecule is CCOc1ccc(Nc2ncccc2C(=O)N2CCc3ccccc3C2)cc1. The van der Waals surface area contributed by atoms with Crippen molar-refractivity contribution in [3.8, 4) is 5.75 Å². The zero-order valence-electron chi connectivity index (χ0n) is 15.9. The van der Waals surface area contributed by atoms with Gasteiger partial charge in [0.2, 0.25) is 0 Å². The Labute approximate surface area is 165 Å². The van der Waals surface area contributed by atoms with Crippen LogP contribution in [0.5, 0.6) is 5.75 Å². The van der Waals surface area contributed by atoms with E-state index in [-0.39, 0.29) is 5.91 Å². The number of nitrogens with one attached hydrogen (secondary N) is 1. The van der Waals surface area contributed by atoms with E-state index in [2.05, 4.69) is 28.5 Å². The number of hydrogen-bond donors (Lipinski definition) is 1. The van der Waals surface area contributed by atoms with Gasteiger partial charge in [-0.1, -0.05) is 24.3 Å². The van der Waals surface area contributed by atoms with Crippen LogP contribution in [-0.2, 0) is 13.0 Å². The maximum Gasteiger partial charge on any atom is 0.257 e. The number of nitrogens with zero attached hydrogens (tertiary/aromatic N) is 2. The maximum absolute atomic E-state index is 13.2. The quantitative estimate of drug-likeness (QED) is 0.719. The molecule has 4 rings (SSSR count). The normalized spacial score (nSPS) is 13.0. The molecule has 0 unspecified atom stereocenters. The second-order valence-electron chi connectivity index (χ2n) is 6.73. The number of benzene rings is 2. The first kappa shape index (κ1) is 18.0. The van der Waals surface area contributed by atoms with Crippen molar-refractivity contribution in [3.05, 3.63) is 83.6 Å². The number of rotatable bonds is 5. The van der Waals surface area contributed by atoms with E-state index in [9.17, 15) is 4.79 Å². The van der Waals surface area contributed by atoms with Gasteiger partial charge in [0.1, 0.15) is 11.6 Å². The summed E-state index contributed by atoms with van der Waals surface area (Å²) in [5.41, 5.74) is 3.98. The van der Waals surface area contributed by atoms with E-state index in [1.165, 1.54) is 11.1 Å². The largest absolute Gasteiger partial charge is 0.494 e. The summed E-state index contributed by atoms with van der Waals surface area (Å²) in [6, 6.07) is 19.6. The minimum atomic E-state index is -0.00367. The van der Waals surface area contributed by atoms with Gasteiger partial charge in [-0.3, -0.25) is 4.79 Å². The Hall–Kier alpha value is -3.34. The number of aromatic nitrogens is 1. The van der Waals surface area contributed by atoms with Gasteiger partial charge in [-0.25, -0.2) is 4.98 Å². The summed E-state index contributed by atoms with van der Waals surface area (Å²) in [7, 11) is 0. The molecule has 0 radical (unpaired) electrons. The van der Waals surface area contributed by atoms with Gasteiger partial charge in [0, 0.05) is 25.0 Å². The van der Waals surface area contributed by atoms with Crippen LogP contribution in [0.3, 0.4) is 0 Å². The number of anilines is 2. The average Bonchev–Trinajstić information content (AvgIpc) is 2.75. The molecule has 1 aliphatic rings. The van der Waals surface area contributed by atoms with Crippen molar-refractivity contribution in [2.75, 3.05) is 18.5 Å². The lowest BCUT2D eigenvalue weighted by Gasteiger charge is -2.29. The Morgan fingerprint density at radius 2 is 1.86 bits per heavy atom. The summed E-state index contributed by atoms with van der Waals surface area (Å²) in [5.74, 6) is 1.38. The molecular weight excluding hydrogens is 350 g/mol. The summed E-state index contributed by atoms with van der Waals surface area (Å²) in [4.78, 5) is 19.5. The molecule has 1 aromatic heterocycles. The van der Waals surface area contributed by atoms with Crippen LogP contribution >= 0.6 is 0 Å². The van der Waals surface area contributed by atoms with E-state index >= 15 is 0 Å². The molecule has 5 heteroatoms. The third kappa shape index (κ3) is 3.83. The third-order valence-corrected chi connectivity index (χ3v) is 4.88. The smallest absolute Gasteiger partial charge is 0.257 e. The molecule has 0 saturated carbocycles. The second kappa shape index (κ2) is 8.13. The van der Waals surface area contributed by atoms with Crippen molar-refractivity contribution >= 4 is 17.4 Å². The van der Waals surface area contributed by atoms with E-state index in [1.807, 2.05) is 48.2 Å². The molecule has 2 aromatic carbocycles. The lowest BCUT2D eigenvalue weighted by Crippen LogP contribution is -2.36. The van der Waals surface area contributed by atoms with Crippen molar-refractivity contribution < 1.29 is 9.53 Å². The lowest BCUT2D eigenvalue weighted by atomic mass is 9.99. The zero-order valence-corrected chi connectivity index (χ0v) is 15.9. The molecule has 1 aliphatic heterocycles. The Kier molecular flexibility index (Phi) is 5.24. The molecule has 0 bridgehead atoms. The molecule has 0 fully saturated rings. The Morgan fingerprint density at radius 3 is 2.64 bits per heavy atom. The standard InChI is InChI=1S/C23H23N3O2/c1-2-28-20-11-9-19(10-12-20)25-22-21(8-5-14-24-22)23(27)26-15-13-17-6-3-4-7-18(17)16-26/h3-12,14H,2,13,15-16H2,1H3,(H,24,25). The number of hydrogen-bond acceptors (Lipinski definition) is 4. The first-order chi connectivity index (χ1) is 13.7. The molecule has 0 atom stereocenters. The molecule has 0 aliphatic carbocycles. The summed E-state index contributed by atoms with van der Waals surface area (Å²) < 4.78 is 5.48. The number of pyridine rings is 1.